The first-order valence-corrected chi connectivity index (χ1v) is 19.3. The van der Waals surface area contributed by atoms with E-state index >= 15 is 0 Å². The van der Waals surface area contributed by atoms with Crippen LogP contribution in [0.15, 0.2) is 199 Å². The molecule has 3 heteroatoms. The van der Waals surface area contributed by atoms with Gasteiger partial charge in [-0.25, -0.2) is 0 Å². The molecule has 3 nitrogen and oxygen atoms in total. The smallest absolute Gasteiger partial charge is 0.135 e. The molecule has 0 N–H and O–H groups in total. The van der Waals surface area contributed by atoms with Crippen molar-refractivity contribution < 1.29 is 4.42 Å². The van der Waals surface area contributed by atoms with E-state index in [-0.39, 0.29) is 5.41 Å². The lowest BCUT2D eigenvalue weighted by molar-refractivity contribution is 0.661. The number of hydrogen-bond acceptors (Lipinski definition) is 3. The first kappa shape index (κ1) is 32.3. The molecular weight excluding hydrogens is 681 g/mol. The monoisotopic (exact) mass is 718 g/mol. The molecule has 1 aliphatic carbocycles. The summed E-state index contributed by atoms with van der Waals surface area (Å²) in [6.45, 7) is 4.72. The van der Waals surface area contributed by atoms with Gasteiger partial charge in [-0.05, 0) is 135 Å². The van der Waals surface area contributed by atoms with Crippen LogP contribution in [0.5, 0.6) is 0 Å². The summed E-state index contributed by atoms with van der Waals surface area (Å²) in [7, 11) is 0. The highest BCUT2D eigenvalue weighted by Crippen LogP contribution is 2.51. The van der Waals surface area contributed by atoms with Crippen molar-refractivity contribution in [3.8, 4) is 11.1 Å². The zero-order valence-corrected chi connectivity index (χ0v) is 31.3. The Bertz CT molecular complexity index is 3080. The van der Waals surface area contributed by atoms with E-state index in [4.69, 9.17) is 4.42 Å². The second kappa shape index (κ2) is 12.5. The third kappa shape index (κ3) is 5.05. The molecule has 1 aromatic heterocycles. The third-order valence-electron chi connectivity index (χ3n) is 11.8. The van der Waals surface area contributed by atoms with Gasteiger partial charge in [0.1, 0.15) is 11.2 Å². The number of benzene rings is 9. The van der Waals surface area contributed by atoms with E-state index in [0.717, 1.165) is 56.1 Å². The number of fused-ring (bicyclic) bond motifs is 9. The number of rotatable bonds is 6. The SMILES string of the molecule is CC1(C)c2ccccc2-c2cc3ccc4ccc(N(c5cccc(N(c6ccccc6)c6ccccc6)c5)c5ccc6oc7ccccc7c6c5)cc4c3cc21. The van der Waals surface area contributed by atoms with Crippen LogP contribution in [0.3, 0.4) is 0 Å². The summed E-state index contributed by atoms with van der Waals surface area (Å²) in [4.78, 5) is 4.72. The highest BCUT2D eigenvalue weighted by molar-refractivity contribution is 6.11. The summed E-state index contributed by atoms with van der Waals surface area (Å²) in [6.07, 6.45) is 0. The molecule has 0 atom stereocenters. The van der Waals surface area contributed by atoms with Gasteiger partial charge in [0.2, 0.25) is 0 Å². The van der Waals surface area contributed by atoms with Crippen LogP contribution in [0.25, 0.3) is 54.6 Å². The average Bonchev–Trinajstić information content (AvgIpc) is 3.72. The molecule has 0 bridgehead atoms. The molecule has 10 aromatic rings. The minimum absolute atomic E-state index is 0.0848. The molecule has 0 unspecified atom stereocenters. The Morgan fingerprint density at radius 1 is 0.339 bits per heavy atom. The van der Waals surface area contributed by atoms with Gasteiger partial charge in [-0.15, -0.1) is 0 Å². The standard InChI is InChI=1S/C53H38N2O/c1-53(2)49-22-11-9-20-43(49)47-30-36-25-24-35-26-27-41(32-45(35)46(36)34-50(47)53)55(42-28-29-52-48(33-42)44-21-10-12-23-51(44)56-52)40-19-13-18-39(31-40)54(37-14-5-3-6-15-37)38-16-7-4-8-17-38/h3-34H,1-2H3. The molecule has 266 valence electrons. The van der Waals surface area contributed by atoms with Crippen molar-refractivity contribution in [3.05, 3.63) is 205 Å². The Morgan fingerprint density at radius 2 is 0.875 bits per heavy atom. The molecular formula is C53H38N2O. The van der Waals surface area contributed by atoms with Gasteiger partial charge in [-0.1, -0.05) is 117 Å². The van der Waals surface area contributed by atoms with E-state index < -0.39 is 0 Å². The lowest BCUT2D eigenvalue weighted by atomic mass is 9.81. The minimum Gasteiger partial charge on any atom is -0.456 e. The molecule has 0 aliphatic heterocycles. The predicted octanol–water partition coefficient (Wildman–Crippen LogP) is 15.1. The van der Waals surface area contributed by atoms with Crippen molar-refractivity contribution in [1.29, 1.82) is 0 Å². The van der Waals surface area contributed by atoms with Crippen LogP contribution in [0.1, 0.15) is 25.0 Å². The van der Waals surface area contributed by atoms with Crippen molar-refractivity contribution in [2.24, 2.45) is 0 Å². The fourth-order valence-corrected chi connectivity index (χ4v) is 9.05. The molecule has 0 saturated heterocycles. The number of anilines is 6. The predicted molar refractivity (Wildman–Crippen MR) is 236 cm³/mol. The van der Waals surface area contributed by atoms with E-state index in [2.05, 4.69) is 206 Å². The van der Waals surface area contributed by atoms with Crippen LogP contribution in [0, 0.1) is 0 Å². The number of nitrogens with zero attached hydrogens (tertiary/aromatic N) is 2. The van der Waals surface area contributed by atoms with Crippen molar-refractivity contribution in [1.82, 2.24) is 0 Å². The van der Waals surface area contributed by atoms with Gasteiger partial charge in [0, 0.05) is 50.3 Å². The van der Waals surface area contributed by atoms with Crippen LogP contribution in [0.4, 0.5) is 34.1 Å². The van der Waals surface area contributed by atoms with E-state index in [0.29, 0.717) is 0 Å². The van der Waals surface area contributed by atoms with Crippen LogP contribution in [-0.4, -0.2) is 0 Å². The molecule has 56 heavy (non-hydrogen) atoms. The summed E-state index contributed by atoms with van der Waals surface area (Å²) in [5.74, 6) is 0. The molecule has 9 aromatic carbocycles. The van der Waals surface area contributed by atoms with Crippen molar-refractivity contribution in [2.45, 2.75) is 19.3 Å². The molecule has 0 spiro atoms. The van der Waals surface area contributed by atoms with Crippen molar-refractivity contribution in [2.75, 3.05) is 9.80 Å². The maximum Gasteiger partial charge on any atom is 0.135 e. The molecule has 1 heterocycles. The first-order valence-electron chi connectivity index (χ1n) is 19.3. The number of hydrogen-bond donors (Lipinski definition) is 0. The fraction of sp³-hybridized carbons (Fsp3) is 0.0566. The summed E-state index contributed by atoms with van der Waals surface area (Å²) in [5, 5.41) is 7.19. The minimum atomic E-state index is -0.0848. The van der Waals surface area contributed by atoms with E-state index in [9.17, 15) is 0 Å². The Labute approximate surface area is 326 Å². The molecule has 0 radical (unpaired) electrons. The zero-order chi connectivity index (χ0) is 37.4. The lowest BCUT2D eigenvalue weighted by Crippen LogP contribution is -2.14. The maximum atomic E-state index is 6.30. The van der Waals surface area contributed by atoms with Crippen LogP contribution in [0.2, 0.25) is 0 Å². The van der Waals surface area contributed by atoms with Crippen molar-refractivity contribution in [3.63, 3.8) is 0 Å². The van der Waals surface area contributed by atoms with Crippen LogP contribution < -0.4 is 9.80 Å². The number of furan rings is 1. The van der Waals surface area contributed by atoms with Gasteiger partial charge in [0.15, 0.2) is 0 Å². The molecule has 0 saturated carbocycles. The summed E-state index contributed by atoms with van der Waals surface area (Å²) in [5.41, 5.74) is 13.6. The average molecular weight is 719 g/mol. The second-order valence-corrected chi connectivity index (χ2v) is 15.4. The van der Waals surface area contributed by atoms with Crippen LogP contribution in [-0.2, 0) is 5.41 Å². The van der Waals surface area contributed by atoms with E-state index in [1.54, 1.807) is 0 Å². The summed E-state index contributed by atoms with van der Waals surface area (Å²) < 4.78 is 6.30. The highest BCUT2D eigenvalue weighted by atomic mass is 16.3. The third-order valence-corrected chi connectivity index (χ3v) is 11.8. The highest BCUT2D eigenvalue weighted by Gasteiger charge is 2.35. The maximum absolute atomic E-state index is 6.30. The molecule has 1 aliphatic rings. The van der Waals surface area contributed by atoms with Gasteiger partial charge in [0.05, 0.1) is 0 Å². The topological polar surface area (TPSA) is 19.6 Å². The van der Waals surface area contributed by atoms with Crippen molar-refractivity contribution >= 4 is 77.6 Å². The molecule has 0 fully saturated rings. The largest absolute Gasteiger partial charge is 0.456 e. The normalized spacial score (nSPS) is 13.0. The molecule has 11 rings (SSSR count). The Morgan fingerprint density at radius 3 is 1.64 bits per heavy atom. The Balaban J connectivity index is 1.13. The second-order valence-electron chi connectivity index (χ2n) is 15.4. The van der Waals surface area contributed by atoms with Gasteiger partial charge < -0.3 is 14.2 Å². The molecule has 0 amide bonds. The van der Waals surface area contributed by atoms with Gasteiger partial charge in [0.25, 0.3) is 0 Å². The lowest BCUT2D eigenvalue weighted by Gasteiger charge is -2.29. The van der Waals surface area contributed by atoms with E-state index in [1.807, 2.05) is 12.1 Å². The zero-order valence-electron chi connectivity index (χ0n) is 31.3. The first-order chi connectivity index (χ1) is 27.5. The number of para-hydroxylation sites is 3. The quantitative estimate of drug-likeness (QED) is 0.160. The Hall–Kier alpha value is -7.10. The van der Waals surface area contributed by atoms with E-state index in [1.165, 1.54) is 43.8 Å². The fourth-order valence-electron chi connectivity index (χ4n) is 9.05. The Kier molecular flexibility index (Phi) is 7.20. The van der Waals surface area contributed by atoms with Crippen LogP contribution >= 0.6 is 0 Å². The summed E-state index contributed by atoms with van der Waals surface area (Å²) in [6, 6.07) is 70.2. The summed E-state index contributed by atoms with van der Waals surface area (Å²) >= 11 is 0. The van der Waals surface area contributed by atoms with Gasteiger partial charge >= 0.3 is 0 Å². The van der Waals surface area contributed by atoms with Gasteiger partial charge in [-0.3, -0.25) is 0 Å². The van der Waals surface area contributed by atoms with Gasteiger partial charge in [-0.2, -0.15) is 0 Å².